The monoisotopic (exact) mass is 455 g/mol. The summed E-state index contributed by atoms with van der Waals surface area (Å²) in [6.45, 7) is 8.77. The topological polar surface area (TPSA) is 84.3 Å². The standard InChI is InChI=1S/C25H33N3O5/c1-19(2)28(15-21(29)17-31-18-22-9-6-12-32-22)16-23-24(20-7-4-3-5-8-20)26-33-25(23)27-10-13-30-14-11-27/h3-9,12,19,21,29H,10-11,13-18H2,1-2H3. The maximum atomic E-state index is 10.7. The zero-order chi connectivity index (χ0) is 23.0. The summed E-state index contributed by atoms with van der Waals surface area (Å²) in [6, 6.07) is 14.0. The highest BCUT2D eigenvalue weighted by atomic mass is 16.5. The van der Waals surface area contributed by atoms with Crippen LogP contribution < -0.4 is 4.90 Å². The number of hydrogen-bond acceptors (Lipinski definition) is 8. The first-order valence-corrected chi connectivity index (χ1v) is 11.5. The van der Waals surface area contributed by atoms with Gasteiger partial charge in [-0.25, -0.2) is 0 Å². The number of anilines is 1. The molecule has 0 amide bonds. The second kappa shape index (κ2) is 11.5. The van der Waals surface area contributed by atoms with Crippen LogP contribution in [0.4, 0.5) is 5.88 Å². The van der Waals surface area contributed by atoms with Crippen LogP contribution in [0, 0.1) is 0 Å². The normalized spacial score (nSPS) is 15.5. The Morgan fingerprint density at radius 1 is 1.12 bits per heavy atom. The molecule has 2 aromatic heterocycles. The van der Waals surface area contributed by atoms with Crippen molar-refractivity contribution in [3.8, 4) is 11.3 Å². The molecule has 0 saturated carbocycles. The van der Waals surface area contributed by atoms with E-state index in [2.05, 4.69) is 28.8 Å². The van der Waals surface area contributed by atoms with Crippen LogP contribution in [0.3, 0.4) is 0 Å². The Bertz CT molecular complexity index is 952. The van der Waals surface area contributed by atoms with Crippen molar-refractivity contribution in [3.63, 3.8) is 0 Å². The minimum absolute atomic E-state index is 0.209. The van der Waals surface area contributed by atoms with Crippen LogP contribution in [0.15, 0.2) is 57.7 Å². The third-order valence-corrected chi connectivity index (χ3v) is 5.78. The van der Waals surface area contributed by atoms with E-state index in [1.54, 1.807) is 6.26 Å². The summed E-state index contributed by atoms with van der Waals surface area (Å²) in [5, 5.41) is 15.1. The lowest BCUT2D eigenvalue weighted by molar-refractivity contribution is -0.00115. The summed E-state index contributed by atoms with van der Waals surface area (Å²) >= 11 is 0. The van der Waals surface area contributed by atoms with Crippen LogP contribution >= 0.6 is 0 Å². The van der Waals surface area contributed by atoms with Crippen molar-refractivity contribution in [2.45, 2.75) is 39.1 Å². The van der Waals surface area contributed by atoms with Crippen LogP contribution in [0.2, 0.25) is 0 Å². The van der Waals surface area contributed by atoms with E-state index in [1.165, 1.54) is 0 Å². The van der Waals surface area contributed by atoms with Crippen LogP contribution in [0.1, 0.15) is 25.2 Å². The molecule has 1 saturated heterocycles. The minimum Gasteiger partial charge on any atom is -0.467 e. The van der Waals surface area contributed by atoms with Crippen LogP contribution in [-0.2, 0) is 22.6 Å². The molecule has 0 spiro atoms. The summed E-state index contributed by atoms with van der Waals surface area (Å²) in [4.78, 5) is 4.42. The van der Waals surface area contributed by atoms with Gasteiger partial charge in [-0.2, -0.15) is 0 Å². The molecule has 3 heterocycles. The first kappa shape index (κ1) is 23.5. The van der Waals surface area contributed by atoms with E-state index >= 15 is 0 Å². The second-order valence-corrected chi connectivity index (χ2v) is 8.55. The van der Waals surface area contributed by atoms with Gasteiger partial charge >= 0.3 is 0 Å². The maximum absolute atomic E-state index is 10.7. The lowest BCUT2D eigenvalue weighted by Gasteiger charge is -2.31. The van der Waals surface area contributed by atoms with Gasteiger partial charge in [0.1, 0.15) is 18.1 Å². The molecule has 1 fully saturated rings. The number of hydrogen-bond donors (Lipinski definition) is 1. The molecule has 1 atom stereocenters. The van der Waals surface area contributed by atoms with Crippen molar-refractivity contribution in [2.75, 3.05) is 44.4 Å². The van der Waals surface area contributed by atoms with Crippen molar-refractivity contribution in [3.05, 3.63) is 60.1 Å². The lowest BCUT2D eigenvalue weighted by atomic mass is 10.1. The first-order chi connectivity index (χ1) is 16.1. The summed E-state index contributed by atoms with van der Waals surface area (Å²) < 4.78 is 22.3. The number of nitrogens with zero attached hydrogens (tertiary/aromatic N) is 3. The van der Waals surface area contributed by atoms with Gasteiger partial charge in [0.15, 0.2) is 0 Å². The van der Waals surface area contributed by atoms with Gasteiger partial charge in [0.2, 0.25) is 5.88 Å². The molecule has 3 aromatic rings. The quantitative estimate of drug-likeness (QED) is 0.470. The van der Waals surface area contributed by atoms with E-state index in [-0.39, 0.29) is 12.6 Å². The van der Waals surface area contributed by atoms with Crippen molar-refractivity contribution in [2.24, 2.45) is 0 Å². The largest absolute Gasteiger partial charge is 0.467 e. The Hall–Kier alpha value is -2.65. The Morgan fingerprint density at radius 3 is 2.61 bits per heavy atom. The molecular weight excluding hydrogens is 422 g/mol. The summed E-state index contributed by atoms with van der Waals surface area (Å²) in [5.74, 6) is 1.53. The predicted octanol–water partition coefficient (Wildman–Crippen LogP) is 3.56. The highest BCUT2D eigenvalue weighted by molar-refractivity contribution is 5.68. The molecule has 4 rings (SSSR count). The molecule has 1 aromatic carbocycles. The molecule has 0 bridgehead atoms. The zero-order valence-electron chi connectivity index (χ0n) is 19.4. The molecule has 178 valence electrons. The number of ether oxygens (including phenoxy) is 2. The number of aliphatic hydroxyl groups is 1. The van der Waals surface area contributed by atoms with Crippen molar-refractivity contribution >= 4 is 5.88 Å². The number of aromatic nitrogens is 1. The molecule has 8 nitrogen and oxygen atoms in total. The van der Waals surface area contributed by atoms with Gasteiger partial charge in [0.25, 0.3) is 0 Å². The molecule has 1 unspecified atom stereocenters. The highest BCUT2D eigenvalue weighted by Crippen LogP contribution is 2.33. The average Bonchev–Trinajstić information content (AvgIpc) is 3.50. The molecule has 8 heteroatoms. The van der Waals surface area contributed by atoms with E-state index in [1.807, 2.05) is 42.5 Å². The number of benzene rings is 1. The van der Waals surface area contributed by atoms with Gasteiger partial charge in [-0.1, -0.05) is 35.5 Å². The summed E-state index contributed by atoms with van der Waals surface area (Å²) in [6.07, 6.45) is 0.986. The Morgan fingerprint density at radius 2 is 1.91 bits per heavy atom. The maximum Gasteiger partial charge on any atom is 0.232 e. The first-order valence-electron chi connectivity index (χ1n) is 11.5. The second-order valence-electron chi connectivity index (χ2n) is 8.55. The highest BCUT2D eigenvalue weighted by Gasteiger charge is 2.27. The molecule has 0 aliphatic carbocycles. The van der Waals surface area contributed by atoms with E-state index < -0.39 is 6.10 Å². The Labute approximate surface area is 194 Å². The van der Waals surface area contributed by atoms with E-state index in [9.17, 15) is 5.11 Å². The number of aliphatic hydroxyl groups excluding tert-OH is 1. The number of rotatable bonds is 11. The lowest BCUT2D eigenvalue weighted by Crippen LogP contribution is -2.40. The molecule has 1 aliphatic heterocycles. The van der Waals surface area contributed by atoms with E-state index in [4.69, 9.17) is 18.4 Å². The molecule has 1 N–H and O–H groups in total. The zero-order valence-corrected chi connectivity index (χ0v) is 19.4. The van der Waals surface area contributed by atoms with Crippen molar-refractivity contribution in [1.29, 1.82) is 0 Å². The van der Waals surface area contributed by atoms with Gasteiger partial charge in [-0.3, -0.25) is 4.90 Å². The number of morpholine rings is 1. The molecule has 1 aliphatic rings. The Balaban J connectivity index is 1.49. The molecule has 0 radical (unpaired) electrons. The van der Waals surface area contributed by atoms with E-state index in [0.717, 1.165) is 41.6 Å². The van der Waals surface area contributed by atoms with Crippen LogP contribution in [-0.4, -0.2) is 66.8 Å². The third-order valence-electron chi connectivity index (χ3n) is 5.78. The van der Waals surface area contributed by atoms with Gasteiger partial charge in [-0.15, -0.1) is 0 Å². The van der Waals surface area contributed by atoms with E-state index in [0.29, 0.717) is 32.9 Å². The van der Waals surface area contributed by atoms with Gasteiger partial charge in [0.05, 0.1) is 37.8 Å². The fourth-order valence-corrected chi connectivity index (χ4v) is 3.96. The van der Waals surface area contributed by atoms with Gasteiger partial charge in [0, 0.05) is 37.8 Å². The predicted molar refractivity (Wildman–Crippen MR) is 125 cm³/mol. The van der Waals surface area contributed by atoms with Gasteiger partial charge < -0.3 is 28.4 Å². The third kappa shape index (κ3) is 6.23. The van der Waals surface area contributed by atoms with Crippen LogP contribution in [0.5, 0.6) is 0 Å². The smallest absolute Gasteiger partial charge is 0.232 e. The molecule has 33 heavy (non-hydrogen) atoms. The minimum atomic E-state index is -0.630. The molecular formula is C25H33N3O5. The van der Waals surface area contributed by atoms with Crippen LogP contribution in [0.25, 0.3) is 11.3 Å². The number of furan rings is 1. The fraction of sp³-hybridized carbons (Fsp3) is 0.480. The average molecular weight is 456 g/mol. The SMILES string of the molecule is CC(C)N(Cc1c(-c2ccccc2)noc1N1CCOCC1)CC(O)COCc1ccco1. The van der Waals surface area contributed by atoms with Crippen molar-refractivity contribution < 1.29 is 23.5 Å². The summed E-state index contributed by atoms with van der Waals surface area (Å²) in [5.41, 5.74) is 2.88. The summed E-state index contributed by atoms with van der Waals surface area (Å²) in [7, 11) is 0. The fourth-order valence-electron chi connectivity index (χ4n) is 3.96. The Kier molecular flexibility index (Phi) is 8.17. The van der Waals surface area contributed by atoms with Crippen molar-refractivity contribution in [1.82, 2.24) is 10.1 Å². The van der Waals surface area contributed by atoms with Gasteiger partial charge in [-0.05, 0) is 26.0 Å².